The zero-order valence-corrected chi connectivity index (χ0v) is 19.7. The number of fused-ring (bicyclic) bond motifs is 5. The molecule has 0 spiro atoms. The number of hydrogen-bond donors (Lipinski definition) is 1. The van der Waals surface area contributed by atoms with Crippen LogP contribution in [0, 0.1) is 17.7 Å². The van der Waals surface area contributed by atoms with E-state index in [2.05, 4.69) is 9.24 Å². The first-order valence-corrected chi connectivity index (χ1v) is 11.6. The number of carbonyl (C=O) groups is 1. The Morgan fingerprint density at radius 2 is 1.87 bits per heavy atom. The molecule has 31 heavy (non-hydrogen) atoms. The summed E-state index contributed by atoms with van der Waals surface area (Å²) in [4.78, 5) is 13.6. The summed E-state index contributed by atoms with van der Waals surface area (Å²) in [5, 5.41) is 12.3. The van der Waals surface area contributed by atoms with E-state index in [-0.39, 0.29) is 23.4 Å². The Hall–Kier alpha value is -1.74. The number of ketones is 1. The predicted molar refractivity (Wildman–Crippen MR) is 124 cm³/mol. The molecular formula is C25H25ClFO3P. The molecule has 1 N–H and O–H groups in total. The number of Topliss-reactive ketones (excluding diaryl/α,β-unsaturated/α-hetero) is 1. The SMILES string of the molecule is CCc1ccc(-c2c(F)cc(Cl)cc2P)cc1C1=C(O)[C@@H]2[C@H](C1=O)C1(C)CCC2(C)O1. The van der Waals surface area contributed by atoms with E-state index in [0.29, 0.717) is 39.0 Å². The van der Waals surface area contributed by atoms with Gasteiger partial charge in [0.15, 0.2) is 5.78 Å². The molecule has 0 saturated carbocycles. The van der Waals surface area contributed by atoms with Gasteiger partial charge in [0.05, 0.1) is 28.6 Å². The third-order valence-corrected chi connectivity index (χ3v) is 8.12. The molecule has 6 heteroatoms. The Bertz CT molecular complexity index is 1150. The number of ether oxygens (including phenoxy) is 1. The molecule has 3 aliphatic rings. The number of aryl methyl sites for hydroxylation is 1. The lowest BCUT2D eigenvalue weighted by Crippen LogP contribution is -2.39. The topological polar surface area (TPSA) is 46.5 Å². The van der Waals surface area contributed by atoms with Gasteiger partial charge in [-0.1, -0.05) is 30.7 Å². The van der Waals surface area contributed by atoms with Crippen molar-refractivity contribution < 1.29 is 19.0 Å². The van der Waals surface area contributed by atoms with Crippen LogP contribution >= 0.6 is 20.8 Å². The van der Waals surface area contributed by atoms with Gasteiger partial charge < -0.3 is 9.84 Å². The second kappa shape index (κ2) is 6.88. The van der Waals surface area contributed by atoms with Crippen LogP contribution in [0.1, 0.15) is 44.7 Å². The number of benzene rings is 2. The van der Waals surface area contributed by atoms with Crippen LogP contribution in [-0.4, -0.2) is 22.1 Å². The molecule has 3 nitrogen and oxygen atoms in total. The van der Waals surface area contributed by atoms with Gasteiger partial charge in [-0.25, -0.2) is 4.39 Å². The fraction of sp³-hybridized carbons (Fsp3) is 0.400. The zero-order chi connectivity index (χ0) is 22.3. The number of aliphatic hydroxyl groups is 1. The van der Waals surface area contributed by atoms with Gasteiger partial charge >= 0.3 is 0 Å². The summed E-state index contributed by atoms with van der Waals surface area (Å²) in [6.07, 6.45) is 2.32. The van der Waals surface area contributed by atoms with Crippen LogP contribution < -0.4 is 5.30 Å². The summed E-state index contributed by atoms with van der Waals surface area (Å²) in [6.45, 7) is 5.99. The van der Waals surface area contributed by atoms with E-state index in [1.54, 1.807) is 6.07 Å². The number of aliphatic hydroxyl groups excluding tert-OH is 1. The van der Waals surface area contributed by atoms with Crippen LogP contribution in [0.2, 0.25) is 5.02 Å². The van der Waals surface area contributed by atoms with Crippen LogP contribution in [0.3, 0.4) is 0 Å². The number of halogens is 2. The molecule has 162 valence electrons. The van der Waals surface area contributed by atoms with Crippen LogP contribution in [0.4, 0.5) is 4.39 Å². The van der Waals surface area contributed by atoms with E-state index in [0.717, 1.165) is 18.4 Å². The van der Waals surface area contributed by atoms with E-state index in [9.17, 15) is 14.3 Å². The van der Waals surface area contributed by atoms with Gasteiger partial charge in [0.25, 0.3) is 0 Å². The summed E-state index contributed by atoms with van der Waals surface area (Å²) >= 11 is 5.99. The van der Waals surface area contributed by atoms with E-state index < -0.39 is 17.0 Å². The molecular weight excluding hydrogens is 434 g/mol. The molecule has 2 saturated heterocycles. The minimum absolute atomic E-state index is 0.0667. The number of rotatable bonds is 3. The summed E-state index contributed by atoms with van der Waals surface area (Å²) in [6, 6.07) is 8.58. The van der Waals surface area contributed by atoms with Crippen LogP contribution in [0.5, 0.6) is 0 Å². The van der Waals surface area contributed by atoms with Gasteiger partial charge in [-0.05, 0) is 73.3 Å². The first kappa shape index (κ1) is 21.1. The molecule has 2 aliphatic heterocycles. The number of allylic oxidation sites excluding steroid dienone is 1. The van der Waals surface area contributed by atoms with Crippen molar-refractivity contribution in [2.24, 2.45) is 11.8 Å². The highest BCUT2D eigenvalue weighted by atomic mass is 35.5. The lowest BCUT2D eigenvalue weighted by atomic mass is 9.68. The molecule has 2 bridgehead atoms. The maximum Gasteiger partial charge on any atom is 0.173 e. The van der Waals surface area contributed by atoms with Crippen LogP contribution in [-0.2, 0) is 16.0 Å². The van der Waals surface area contributed by atoms with Crippen molar-refractivity contribution in [3.05, 3.63) is 58.1 Å². The molecule has 0 aromatic heterocycles. The Labute approximate surface area is 188 Å². The average molecular weight is 459 g/mol. The van der Waals surface area contributed by atoms with Gasteiger partial charge in [0.2, 0.25) is 0 Å². The van der Waals surface area contributed by atoms with Crippen molar-refractivity contribution in [1.82, 2.24) is 0 Å². The predicted octanol–water partition coefficient (Wildman–Crippen LogP) is 5.63. The molecule has 5 atom stereocenters. The highest BCUT2D eigenvalue weighted by Gasteiger charge is 2.69. The molecule has 2 fully saturated rings. The van der Waals surface area contributed by atoms with Crippen LogP contribution in [0.15, 0.2) is 36.1 Å². The van der Waals surface area contributed by atoms with Gasteiger partial charge in [-0.15, -0.1) is 9.24 Å². The molecule has 3 unspecified atom stereocenters. The Morgan fingerprint density at radius 1 is 1.19 bits per heavy atom. The van der Waals surface area contributed by atoms with E-state index >= 15 is 0 Å². The van der Waals surface area contributed by atoms with Crippen LogP contribution in [0.25, 0.3) is 16.7 Å². The fourth-order valence-corrected chi connectivity index (χ4v) is 6.83. The van der Waals surface area contributed by atoms with Crippen molar-refractivity contribution in [1.29, 1.82) is 0 Å². The Balaban J connectivity index is 1.69. The molecule has 5 rings (SSSR count). The second-order valence-corrected chi connectivity index (χ2v) is 10.4. The van der Waals surface area contributed by atoms with E-state index in [1.807, 2.05) is 39.0 Å². The standard InChI is InChI=1S/C25H25ClFO3P/c1-4-12-5-6-13(18-16(27)10-14(26)11-17(18)31)9-15(12)19-22(28)20-21(23(19)29)25(3)8-7-24(20,2)30-25/h5-6,9-11,20-21,28H,4,7-8,31H2,1-3H3/t20-,21+,24?,25?/m0/s1. The second-order valence-electron chi connectivity index (χ2n) is 9.38. The largest absolute Gasteiger partial charge is 0.511 e. The quantitative estimate of drug-likeness (QED) is 0.606. The van der Waals surface area contributed by atoms with Crippen molar-refractivity contribution in [3.8, 4) is 11.1 Å². The molecule has 0 radical (unpaired) electrons. The first-order chi connectivity index (χ1) is 14.6. The van der Waals surface area contributed by atoms with Gasteiger partial charge in [-0.3, -0.25) is 4.79 Å². The summed E-state index contributed by atoms with van der Waals surface area (Å²) in [5.41, 5.74) is 1.99. The third kappa shape index (κ3) is 2.88. The van der Waals surface area contributed by atoms with Crippen molar-refractivity contribution in [2.45, 2.75) is 51.2 Å². The number of hydrogen-bond acceptors (Lipinski definition) is 3. The molecule has 2 aromatic carbocycles. The summed E-state index contributed by atoms with van der Waals surface area (Å²) < 4.78 is 21.1. The smallest absolute Gasteiger partial charge is 0.173 e. The molecule has 1 aliphatic carbocycles. The van der Waals surface area contributed by atoms with Gasteiger partial charge in [0, 0.05) is 10.6 Å². The maximum atomic E-state index is 14.8. The van der Waals surface area contributed by atoms with E-state index in [4.69, 9.17) is 16.3 Å². The minimum Gasteiger partial charge on any atom is -0.511 e. The molecule has 0 amide bonds. The highest BCUT2D eigenvalue weighted by Crippen LogP contribution is 2.63. The molecule has 2 aromatic rings. The van der Waals surface area contributed by atoms with Gasteiger partial charge in [-0.2, -0.15) is 0 Å². The fourth-order valence-electron chi connectivity index (χ4n) is 6.03. The summed E-state index contributed by atoms with van der Waals surface area (Å²) in [7, 11) is 2.52. The monoisotopic (exact) mass is 458 g/mol. The normalized spacial score (nSPS) is 31.6. The molecule has 2 heterocycles. The Morgan fingerprint density at radius 3 is 2.48 bits per heavy atom. The zero-order valence-electron chi connectivity index (χ0n) is 17.8. The van der Waals surface area contributed by atoms with Crippen molar-refractivity contribution in [2.75, 3.05) is 0 Å². The third-order valence-electron chi connectivity index (χ3n) is 7.45. The summed E-state index contributed by atoms with van der Waals surface area (Å²) in [5.74, 6) is -1.07. The first-order valence-electron chi connectivity index (χ1n) is 10.7. The lowest BCUT2D eigenvalue weighted by Gasteiger charge is -2.30. The maximum absolute atomic E-state index is 14.8. The van der Waals surface area contributed by atoms with Crippen molar-refractivity contribution in [3.63, 3.8) is 0 Å². The lowest BCUT2D eigenvalue weighted by molar-refractivity contribution is -0.121. The van der Waals surface area contributed by atoms with E-state index in [1.165, 1.54) is 6.07 Å². The number of carbonyl (C=O) groups excluding carboxylic acids is 1. The Kier molecular flexibility index (Phi) is 4.69. The van der Waals surface area contributed by atoms with Gasteiger partial charge in [0.1, 0.15) is 11.6 Å². The average Bonchev–Trinajstić information content (AvgIpc) is 3.24. The minimum atomic E-state index is -0.550. The highest BCUT2D eigenvalue weighted by molar-refractivity contribution is 7.28. The van der Waals surface area contributed by atoms with Crippen molar-refractivity contribution >= 4 is 37.5 Å².